The molecular weight excluding hydrogens is 234 g/mol. The molecule has 2 heterocycles. The van der Waals surface area contributed by atoms with Crippen LogP contribution < -0.4 is 15.2 Å². The molecule has 1 aromatic heterocycles. The molecular formula is C12H13N3O3. The maximum Gasteiger partial charge on any atom is 0.240 e. The summed E-state index contributed by atoms with van der Waals surface area (Å²) in [6.45, 7) is 2.55. The van der Waals surface area contributed by atoms with Crippen LogP contribution in [0.5, 0.6) is 11.5 Å². The summed E-state index contributed by atoms with van der Waals surface area (Å²) in [5.74, 6) is 2.43. The smallest absolute Gasteiger partial charge is 0.240 e. The van der Waals surface area contributed by atoms with Gasteiger partial charge in [0.25, 0.3) is 0 Å². The van der Waals surface area contributed by atoms with Crippen LogP contribution >= 0.6 is 0 Å². The second-order valence-electron chi connectivity index (χ2n) is 3.93. The Labute approximate surface area is 104 Å². The highest BCUT2D eigenvalue weighted by Crippen LogP contribution is 2.38. The van der Waals surface area contributed by atoms with Gasteiger partial charge in [-0.05, 0) is 24.1 Å². The molecule has 18 heavy (non-hydrogen) atoms. The van der Waals surface area contributed by atoms with Gasteiger partial charge in [-0.25, -0.2) is 0 Å². The Morgan fingerprint density at radius 2 is 2.06 bits per heavy atom. The second kappa shape index (κ2) is 4.30. The fraction of sp³-hybridized carbons (Fsp3) is 0.333. The van der Waals surface area contributed by atoms with Gasteiger partial charge in [-0.15, -0.1) is 0 Å². The van der Waals surface area contributed by atoms with Crippen LogP contribution in [0.25, 0.3) is 11.4 Å². The maximum atomic E-state index is 5.46. The molecule has 0 fully saturated rings. The van der Waals surface area contributed by atoms with Gasteiger partial charge in [-0.2, -0.15) is 4.98 Å². The van der Waals surface area contributed by atoms with Crippen LogP contribution in [0.2, 0.25) is 0 Å². The van der Waals surface area contributed by atoms with Crippen LogP contribution in [0.15, 0.2) is 16.7 Å². The number of hydrogen-bond donors (Lipinski definition) is 1. The quantitative estimate of drug-likeness (QED) is 0.884. The van der Waals surface area contributed by atoms with Crippen molar-refractivity contribution < 1.29 is 14.0 Å². The van der Waals surface area contributed by atoms with E-state index < -0.39 is 0 Å². The normalized spacial score (nSPS) is 13.0. The lowest BCUT2D eigenvalue weighted by atomic mass is 10.0. The summed E-state index contributed by atoms with van der Waals surface area (Å²) < 4.78 is 15.7. The molecule has 1 aromatic carbocycles. The number of fused-ring (bicyclic) bond motifs is 1. The number of ether oxygens (including phenoxy) is 2. The molecule has 0 unspecified atom stereocenters. The number of nitrogens with zero attached hydrogens (tertiary/aromatic N) is 2. The molecule has 0 saturated carbocycles. The van der Waals surface area contributed by atoms with Gasteiger partial charge < -0.3 is 19.7 Å². The summed E-state index contributed by atoms with van der Waals surface area (Å²) in [5, 5.41) is 3.93. The number of aryl methyl sites for hydroxylation is 1. The third-order valence-corrected chi connectivity index (χ3v) is 2.86. The molecule has 1 aliphatic rings. The highest BCUT2D eigenvalue weighted by Gasteiger charge is 2.19. The largest absolute Gasteiger partial charge is 0.454 e. The van der Waals surface area contributed by atoms with E-state index >= 15 is 0 Å². The van der Waals surface area contributed by atoms with Gasteiger partial charge in [0.2, 0.25) is 18.5 Å². The first-order valence-corrected chi connectivity index (χ1v) is 5.77. The summed E-state index contributed by atoms with van der Waals surface area (Å²) in [5.41, 5.74) is 7.44. The van der Waals surface area contributed by atoms with Crippen molar-refractivity contribution in [2.75, 3.05) is 6.79 Å². The monoisotopic (exact) mass is 247 g/mol. The number of hydrogen-bond acceptors (Lipinski definition) is 6. The number of aromatic nitrogens is 2. The van der Waals surface area contributed by atoms with Crippen LogP contribution in [-0.4, -0.2) is 16.9 Å². The van der Waals surface area contributed by atoms with E-state index in [2.05, 4.69) is 17.1 Å². The number of nitrogens with two attached hydrogens (primary N) is 1. The standard InChI is InChI=1S/C12H13N3O3/c1-2-7-3-9-10(17-6-16-9)4-8(7)12-14-11(5-13)18-15-12/h3-4H,2,5-6,13H2,1H3. The minimum atomic E-state index is 0.235. The van der Waals surface area contributed by atoms with Crippen LogP contribution in [-0.2, 0) is 13.0 Å². The number of benzene rings is 1. The third-order valence-electron chi connectivity index (χ3n) is 2.86. The molecule has 0 amide bonds. The fourth-order valence-corrected chi connectivity index (χ4v) is 1.93. The minimum absolute atomic E-state index is 0.235. The lowest BCUT2D eigenvalue weighted by Gasteiger charge is -2.05. The predicted octanol–water partition coefficient (Wildman–Crippen LogP) is 1.49. The van der Waals surface area contributed by atoms with Crippen LogP contribution in [0, 0.1) is 0 Å². The molecule has 0 saturated heterocycles. The van der Waals surface area contributed by atoms with E-state index in [0.29, 0.717) is 17.5 Å². The lowest BCUT2D eigenvalue weighted by Crippen LogP contribution is -1.96. The van der Waals surface area contributed by atoms with Crippen molar-refractivity contribution in [1.29, 1.82) is 0 Å². The van der Waals surface area contributed by atoms with E-state index in [0.717, 1.165) is 23.3 Å². The first kappa shape index (κ1) is 11.0. The zero-order valence-electron chi connectivity index (χ0n) is 9.97. The Morgan fingerprint density at radius 1 is 1.28 bits per heavy atom. The summed E-state index contributed by atoms with van der Waals surface area (Å²) >= 11 is 0. The van der Waals surface area contributed by atoms with Crippen LogP contribution in [0.3, 0.4) is 0 Å². The second-order valence-corrected chi connectivity index (χ2v) is 3.93. The molecule has 3 rings (SSSR count). The molecule has 1 aliphatic heterocycles. The van der Waals surface area contributed by atoms with E-state index in [-0.39, 0.29) is 13.3 Å². The maximum absolute atomic E-state index is 5.46. The molecule has 6 nitrogen and oxygen atoms in total. The summed E-state index contributed by atoms with van der Waals surface area (Å²) in [6.07, 6.45) is 0.846. The molecule has 6 heteroatoms. The van der Waals surface area contributed by atoms with E-state index in [1.807, 2.05) is 12.1 Å². The van der Waals surface area contributed by atoms with Gasteiger partial charge in [-0.1, -0.05) is 12.1 Å². The van der Waals surface area contributed by atoms with Crippen molar-refractivity contribution in [2.45, 2.75) is 19.9 Å². The van der Waals surface area contributed by atoms with Crippen molar-refractivity contribution in [3.63, 3.8) is 0 Å². The van der Waals surface area contributed by atoms with Gasteiger partial charge in [0.15, 0.2) is 11.5 Å². The van der Waals surface area contributed by atoms with Crippen molar-refractivity contribution >= 4 is 0 Å². The van der Waals surface area contributed by atoms with Crippen LogP contribution in [0.4, 0.5) is 0 Å². The van der Waals surface area contributed by atoms with E-state index in [4.69, 9.17) is 19.7 Å². The third kappa shape index (κ3) is 1.70. The minimum Gasteiger partial charge on any atom is -0.454 e. The van der Waals surface area contributed by atoms with E-state index in [1.165, 1.54) is 0 Å². The van der Waals surface area contributed by atoms with Crippen LogP contribution in [0.1, 0.15) is 18.4 Å². The number of rotatable bonds is 3. The van der Waals surface area contributed by atoms with Crippen molar-refractivity contribution in [3.8, 4) is 22.9 Å². The van der Waals surface area contributed by atoms with E-state index in [1.54, 1.807) is 0 Å². The first-order valence-electron chi connectivity index (χ1n) is 5.77. The van der Waals surface area contributed by atoms with Gasteiger partial charge in [-0.3, -0.25) is 0 Å². The molecule has 2 aromatic rings. The Hall–Kier alpha value is -2.08. The first-order chi connectivity index (χ1) is 8.81. The molecule has 0 atom stereocenters. The average Bonchev–Trinajstić information content (AvgIpc) is 3.05. The molecule has 0 aliphatic carbocycles. The highest BCUT2D eigenvalue weighted by atomic mass is 16.7. The fourth-order valence-electron chi connectivity index (χ4n) is 1.93. The van der Waals surface area contributed by atoms with Gasteiger partial charge in [0.1, 0.15) is 0 Å². The molecule has 0 radical (unpaired) electrons. The van der Waals surface area contributed by atoms with Gasteiger partial charge in [0, 0.05) is 5.56 Å². The SMILES string of the molecule is CCc1cc2c(cc1-c1noc(CN)n1)OCO2. The molecule has 0 spiro atoms. The molecule has 0 bridgehead atoms. The molecule has 2 N–H and O–H groups in total. The summed E-state index contributed by atoms with van der Waals surface area (Å²) in [4.78, 5) is 4.23. The topological polar surface area (TPSA) is 83.4 Å². The Balaban J connectivity index is 2.10. The zero-order valence-corrected chi connectivity index (χ0v) is 9.97. The van der Waals surface area contributed by atoms with E-state index in [9.17, 15) is 0 Å². The van der Waals surface area contributed by atoms with Gasteiger partial charge >= 0.3 is 0 Å². The predicted molar refractivity (Wildman–Crippen MR) is 63.1 cm³/mol. The average molecular weight is 247 g/mol. The molecule has 94 valence electrons. The van der Waals surface area contributed by atoms with Crippen molar-refractivity contribution in [2.24, 2.45) is 5.73 Å². The van der Waals surface area contributed by atoms with Gasteiger partial charge in [0.05, 0.1) is 6.54 Å². The summed E-state index contributed by atoms with van der Waals surface area (Å²) in [6, 6.07) is 3.84. The summed E-state index contributed by atoms with van der Waals surface area (Å²) in [7, 11) is 0. The Kier molecular flexibility index (Phi) is 2.64. The Morgan fingerprint density at radius 3 is 2.72 bits per heavy atom. The van der Waals surface area contributed by atoms with Crippen molar-refractivity contribution in [3.05, 3.63) is 23.6 Å². The highest BCUT2D eigenvalue weighted by molar-refractivity contribution is 5.66. The zero-order chi connectivity index (χ0) is 12.5. The Bertz CT molecular complexity index is 580. The van der Waals surface area contributed by atoms with Crippen molar-refractivity contribution in [1.82, 2.24) is 10.1 Å². The lowest BCUT2D eigenvalue weighted by molar-refractivity contribution is 0.174.